The van der Waals surface area contributed by atoms with Crippen LogP contribution in [0, 0.1) is 10.1 Å². The topological polar surface area (TPSA) is 87.9 Å². The summed E-state index contributed by atoms with van der Waals surface area (Å²) in [6.45, 7) is 3.18. The van der Waals surface area contributed by atoms with E-state index < -0.39 is 22.6 Å². The standard InChI is InChI=1S/C12H15Cl3NO6P/c1-3-20-23(19,21-4-2)22-11(12(13,14)15)9-7-5-6-8-10(9)16(17)18/h5-8,11H,3-4H2,1-2H3/t11-/m1/s1. The summed E-state index contributed by atoms with van der Waals surface area (Å²) in [4.78, 5) is 10.5. The molecule has 0 amide bonds. The number of benzene rings is 1. The van der Waals surface area contributed by atoms with E-state index in [1.165, 1.54) is 24.3 Å². The quantitative estimate of drug-likeness (QED) is 0.255. The number of alkyl halides is 3. The lowest BCUT2D eigenvalue weighted by molar-refractivity contribution is -0.386. The van der Waals surface area contributed by atoms with Crippen molar-refractivity contribution >= 4 is 48.3 Å². The molecule has 0 aliphatic carbocycles. The van der Waals surface area contributed by atoms with Crippen LogP contribution >= 0.6 is 42.6 Å². The van der Waals surface area contributed by atoms with Gasteiger partial charge in [0.05, 0.1) is 23.7 Å². The van der Waals surface area contributed by atoms with Gasteiger partial charge in [-0.15, -0.1) is 0 Å². The van der Waals surface area contributed by atoms with Gasteiger partial charge in [0.2, 0.25) is 3.79 Å². The van der Waals surface area contributed by atoms with E-state index in [0.29, 0.717) is 0 Å². The van der Waals surface area contributed by atoms with Gasteiger partial charge in [-0.05, 0) is 19.9 Å². The zero-order chi connectivity index (χ0) is 17.7. The first kappa shape index (κ1) is 20.6. The second kappa shape index (κ2) is 8.62. The summed E-state index contributed by atoms with van der Waals surface area (Å²) in [6.07, 6.45) is -1.53. The van der Waals surface area contributed by atoms with Gasteiger partial charge in [0.15, 0.2) is 0 Å². The molecule has 0 aliphatic heterocycles. The van der Waals surface area contributed by atoms with Crippen LogP contribution in [0.5, 0.6) is 0 Å². The summed E-state index contributed by atoms with van der Waals surface area (Å²) < 4.78 is 25.6. The van der Waals surface area contributed by atoms with Gasteiger partial charge >= 0.3 is 7.82 Å². The van der Waals surface area contributed by atoms with E-state index in [9.17, 15) is 14.7 Å². The van der Waals surface area contributed by atoms with E-state index in [4.69, 9.17) is 48.4 Å². The number of nitrogens with zero attached hydrogens (tertiary/aromatic N) is 1. The number of phosphoric ester groups is 1. The first-order valence-electron chi connectivity index (χ1n) is 6.52. The van der Waals surface area contributed by atoms with Gasteiger partial charge in [-0.3, -0.25) is 23.7 Å². The molecule has 0 radical (unpaired) electrons. The maximum absolute atomic E-state index is 12.5. The summed E-state index contributed by atoms with van der Waals surface area (Å²) in [6, 6.07) is 5.50. The average Bonchev–Trinajstić information content (AvgIpc) is 2.44. The number of para-hydroxylation sites is 1. The van der Waals surface area contributed by atoms with E-state index in [0.717, 1.165) is 0 Å². The lowest BCUT2D eigenvalue weighted by Gasteiger charge is -2.28. The number of nitro benzene ring substituents is 1. The van der Waals surface area contributed by atoms with Crippen molar-refractivity contribution in [2.75, 3.05) is 13.2 Å². The fourth-order valence-corrected chi connectivity index (χ4v) is 3.74. The molecule has 0 fully saturated rings. The molecule has 0 saturated carbocycles. The van der Waals surface area contributed by atoms with Gasteiger partial charge in [0.1, 0.15) is 6.10 Å². The van der Waals surface area contributed by atoms with Crippen molar-refractivity contribution in [3.63, 3.8) is 0 Å². The second-order valence-electron chi connectivity index (χ2n) is 4.13. The molecule has 0 spiro atoms. The van der Waals surface area contributed by atoms with Crippen LogP contribution in [0.15, 0.2) is 24.3 Å². The van der Waals surface area contributed by atoms with Crippen molar-refractivity contribution in [1.82, 2.24) is 0 Å². The number of hydrogen-bond acceptors (Lipinski definition) is 6. The van der Waals surface area contributed by atoms with Gasteiger partial charge in [0, 0.05) is 6.07 Å². The maximum atomic E-state index is 12.5. The SMILES string of the molecule is CCOP(=O)(OCC)O[C@H](c1ccccc1[N+](=O)[O-])C(Cl)(Cl)Cl. The maximum Gasteiger partial charge on any atom is 0.475 e. The zero-order valence-corrected chi connectivity index (χ0v) is 15.4. The van der Waals surface area contributed by atoms with E-state index >= 15 is 0 Å². The molecule has 7 nitrogen and oxygen atoms in total. The Bertz CT molecular complexity index is 584. The highest BCUT2D eigenvalue weighted by atomic mass is 35.6. The summed E-state index contributed by atoms with van der Waals surface area (Å²) >= 11 is 17.6. The minimum atomic E-state index is -4.06. The van der Waals surface area contributed by atoms with Crippen molar-refractivity contribution in [3.05, 3.63) is 39.9 Å². The second-order valence-corrected chi connectivity index (χ2v) is 8.12. The fourth-order valence-electron chi connectivity index (χ4n) is 1.71. The van der Waals surface area contributed by atoms with Crippen molar-refractivity contribution in [1.29, 1.82) is 0 Å². The number of rotatable bonds is 8. The van der Waals surface area contributed by atoms with Crippen molar-refractivity contribution in [3.8, 4) is 0 Å². The Morgan fingerprint density at radius 3 is 2.17 bits per heavy atom. The Hall–Kier alpha value is -0.400. The lowest BCUT2D eigenvalue weighted by Crippen LogP contribution is -2.21. The van der Waals surface area contributed by atoms with Gasteiger partial charge in [-0.1, -0.05) is 46.9 Å². The van der Waals surface area contributed by atoms with E-state index in [-0.39, 0.29) is 24.5 Å². The van der Waals surface area contributed by atoms with Crippen LogP contribution in [0.1, 0.15) is 25.5 Å². The molecule has 0 bridgehead atoms. The Morgan fingerprint density at radius 1 is 1.22 bits per heavy atom. The number of phosphoric acid groups is 1. The molecule has 1 rings (SSSR count). The van der Waals surface area contributed by atoms with Crippen LogP contribution in [0.25, 0.3) is 0 Å². The van der Waals surface area contributed by atoms with Crippen molar-refractivity contribution in [2.45, 2.75) is 23.7 Å². The van der Waals surface area contributed by atoms with E-state index in [1.54, 1.807) is 13.8 Å². The van der Waals surface area contributed by atoms with Gasteiger partial charge in [-0.2, -0.15) is 0 Å². The fraction of sp³-hybridized carbons (Fsp3) is 0.500. The minimum Gasteiger partial charge on any atom is -0.287 e. The Labute approximate surface area is 148 Å². The van der Waals surface area contributed by atoms with E-state index in [1.807, 2.05) is 0 Å². The van der Waals surface area contributed by atoms with Gasteiger partial charge < -0.3 is 0 Å². The third kappa shape index (κ3) is 5.87. The molecule has 0 aliphatic rings. The van der Waals surface area contributed by atoms with Crippen LogP contribution < -0.4 is 0 Å². The Kier molecular flexibility index (Phi) is 7.74. The molecule has 0 unspecified atom stereocenters. The molecule has 23 heavy (non-hydrogen) atoms. The normalized spacial score (nSPS) is 13.8. The molecule has 0 aromatic heterocycles. The molecule has 1 aromatic rings. The molecule has 1 aromatic carbocycles. The molecular formula is C12H15Cl3NO6P. The van der Waals surface area contributed by atoms with E-state index in [2.05, 4.69) is 0 Å². The third-order valence-corrected chi connectivity index (χ3v) is 4.73. The van der Waals surface area contributed by atoms with Crippen LogP contribution in [0.2, 0.25) is 0 Å². The predicted molar refractivity (Wildman–Crippen MR) is 88.1 cm³/mol. The molecule has 11 heteroatoms. The molecule has 0 saturated heterocycles. The van der Waals surface area contributed by atoms with Crippen molar-refractivity contribution in [2.24, 2.45) is 0 Å². The smallest absolute Gasteiger partial charge is 0.287 e. The Morgan fingerprint density at radius 2 is 1.74 bits per heavy atom. The first-order chi connectivity index (χ1) is 10.6. The largest absolute Gasteiger partial charge is 0.475 e. The number of nitro groups is 1. The minimum absolute atomic E-state index is 0.0146. The average molecular weight is 407 g/mol. The van der Waals surface area contributed by atoms with Crippen LogP contribution in [0.3, 0.4) is 0 Å². The molecule has 0 heterocycles. The van der Waals surface area contributed by atoms with Gasteiger partial charge in [0.25, 0.3) is 5.69 Å². The van der Waals surface area contributed by atoms with Gasteiger partial charge in [-0.25, -0.2) is 4.57 Å². The molecule has 130 valence electrons. The number of halogens is 3. The number of hydrogen-bond donors (Lipinski definition) is 0. The van der Waals surface area contributed by atoms with Crippen LogP contribution in [0.4, 0.5) is 5.69 Å². The van der Waals surface area contributed by atoms with Crippen LogP contribution in [-0.2, 0) is 18.1 Å². The zero-order valence-electron chi connectivity index (χ0n) is 12.3. The first-order valence-corrected chi connectivity index (χ1v) is 9.11. The monoisotopic (exact) mass is 405 g/mol. The molecular weight excluding hydrogens is 391 g/mol. The molecule has 0 N–H and O–H groups in total. The predicted octanol–water partition coefficient (Wildman–Crippen LogP) is 5.20. The summed E-state index contributed by atoms with van der Waals surface area (Å²) in [7, 11) is -4.06. The summed E-state index contributed by atoms with van der Waals surface area (Å²) in [5.74, 6) is 0. The highest BCUT2D eigenvalue weighted by Crippen LogP contribution is 2.58. The highest BCUT2D eigenvalue weighted by molar-refractivity contribution is 7.48. The lowest BCUT2D eigenvalue weighted by atomic mass is 10.1. The van der Waals surface area contributed by atoms with Crippen molar-refractivity contribution < 1.29 is 23.1 Å². The molecule has 1 atom stereocenters. The third-order valence-electron chi connectivity index (χ3n) is 2.52. The van der Waals surface area contributed by atoms with Crippen LogP contribution in [-0.4, -0.2) is 21.9 Å². The Balaban J connectivity index is 3.32. The summed E-state index contributed by atoms with van der Waals surface area (Å²) in [5.41, 5.74) is -0.402. The summed E-state index contributed by atoms with van der Waals surface area (Å²) in [5, 5.41) is 11.2. The highest BCUT2D eigenvalue weighted by Gasteiger charge is 2.44.